The summed E-state index contributed by atoms with van der Waals surface area (Å²) in [5, 5.41) is 15.4. The third kappa shape index (κ3) is 2.92. The summed E-state index contributed by atoms with van der Waals surface area (Å²) in [7, 11) is 0. The van der Waals surface area contributed by atoms with Crippen LogP contribution in [-0.2, 0) is 0 Å². The summed E-state index contributed by atoms with van der Waals surface area (Å²) >= 11 is 1.43. The first-order valence-electron chi connectivity index (χ1n) is 9.36. The van der Waals surface area contributed by atoms with E-state index in [0.717, 1.165) is 43.4 Å². The Hall–Kier alpha value is -2.62. The smallest absolute Gasteiger partial charge is 0.230 e. The Morgan fingerprint density at radius 1 is 1.14 bits per heavy atom. The number of thiazole rings is 1. The van der Waals surface area contributed by atoms with Gasteiger partial charge in [-0.25, -0.2) is 0 Å². The molecular weight excluding hydrogens is 378 g/mol. The molecule has 0 saturated carbocycles. The summed E-state index contributed by atoms with van der Waals surface area (Å²) in [6.45, 7) is 7.04. The second kappa shape index (κ2) is 7.08. The van der Waals surface area contributed by atoms with Crippen molar-refractivity contribution in [2.24, 2.45) is 0 Å². The van der Waals surface area contributed by atoms with E-state index in [2.05, 4.69) is 26.8 Å². The Morgan fingerprint density at radius 2 is 1.93 bits per heavy atom. The second-order valence-corrected chi connectivity index (χ2v) is 7.79. The first-order chi connectivity index (χ1) is 13.7. The number of rotatable bonds is 5. The highest BCUT2D eigenvalue weighted by molar-refractivity contribution is 7.17. The largest absolute Gasteiger partial charge is 0.492 e. The third-order valence-corrected chi connectivity index (χ3v) is 6.29. The number of aromatic hydroxyl groups is 1. The van der Waals surface area contributed by atoms with Crippen molar-refractivity contribution in [3.8, 4) is 17.5 Å². The van der Waals surface area contributed by atoms with Crippen molar-refractivity contribution in [2.45, 2.75) is 13.0 Å². The van der Waals surface area contributed by atoms with E-state index in [-0.39, 0.29) is 11.9 Å². The quantitative estimate of drug-likeness (QED) is 0.552. The molecule has 0 bridgehead atoms. The molecular formula is C19H21N5O3S. The standard InChI is InChI=1S/C19H21N5O3S/c1-2-22-7-9-23(10-8-22)15(13-5-3-11-26-13)16-18(25)24-19(28-16)20-17(21-24)14-6-4-12-27-14/h3-6,11-12,15,25H,2,7-10H2,1H3. The van der Waals surface area contributed by atoms with E-state index in [1.54, 1.807) is 24.7 Å². The maximum absolute atomic E-state index is 11.0. The second-order valence-electron chi connectivity index (χ2n) is 6.79. The molecule has 4 aromatic heterocycles. The normalized spacial score (nSPS) is 17.5. The molecule has 8 nitrogen and oxygen atoms in total. The third-order valence-electron chi connectivity index (χ3n) is 5.22. The van der Waals surface area contributed by atoms with Crippen molar-refractivity contribution in [3.05, 3.63) is 47.4 Å². The first kappa shape index (κ1) is 17.5. The molecule has 1 N–H and O–H groups in total. The summed E-state index contributed by atoms with van der Waals surface area (Å²) in [4.78, 5) is 10.7. The first-order valence-corrected chi connectivity index (χ1v) is 10.2. The van der Waals surface area contributed by atoms with Gasteiger partial charge in [0.05, 0.1) is 17.4 Å². The summed E-state index contributed by atoms with van der Waals surface area (Å²) < 4.78 is 12.6. The fourth-order valence-electron chi connectivity index (χ4n) is 3.70. The molecule has 0 amide bonds. The molecule has 5 heterocycles. The van der Waals surface area contributed by atoms with E-state index >= 15 is 0 Å². The number of piperazine rings is 1. The highest BCUT2D eigenvalue weighted by atomic mass is 32.1. The SMILES string of the molecule is CCN1CCN(C(c2ccco2)c2sc3nc(-c4ccco4)nn3c2O)CC1. The highest BCUT2D eigenvalue weighted by Gasteiger charge is 2.33. The lowest BCUT2D eigenvalue weighted by Gasteiger charge is -2.37. The van der Waals surface area contributed by atoms with Crippen molar-refractivity contribution >= 4 is 16.3 Å². The number of likely N-dealkylation sites (N-methyl/N-ethyl adjacent to an activating group) is 1. The Labute approximate surface area is 165 Å². The average molecular weight is 399 g/mol. The fraction of sp³-hybridized carbons (Fsp3) is 0.368. The molecule has 1 atom stereocenters. The fourth-order valence-corrected chi connectivity index (χ4v) is 4.80. The topological polar surface area (TPSA) is 83.2 Å². The summed E-state index contributed by atoms with van der Waals surface area (Å²) in [6, 6.07) is 7.28. The van der Waals surface area contributed by atoms with E-state index < -0.39 is 0 Å². The summed E-state index contributed by atoms with van der Waals surface area (Å²) in [5.74, 6) is 1.96. The zero-order valence-electron chi connectivity index (χ0n) is 15.5. The van der Waals surface area contributed by atoms with Gasteiger partial charge in [-0.05, 0) is 30.8 Å². The van der Waals surface area contributed by atoms with Crippen LogP contribution in [0, 0.1) is 0 Å². The van der Waals surface area contributed by atoms with Crippen LogP contribution in [0.15, 0.2) is 45.6 Å². The Bertz CT molecular complexity index is 1050. The molecule has 5 rings (SSSR count). The van der Waals surface area contributed by atoms with E-state index in [1.807, 2.05) is 12.1 Å². The maximum atomic E-state index is 11.0. The van der Waals surface area contributed by atoms with E-state index in [1.165, 1.54) is 15.9 Å². The molecule has 0 aromatic carbocycles. The van der Waals surface area contributed by atoms with Crippen LogP contribution in [0.25, 0.3) is 16.5 Å². The van der Waals surface area contributed by atoms with Gasteiger partial charge in [0.1, 0.15) is 11.8 Å². The van der Waals surface area contributed by atoms with Crippen LogP contribution in [0.5, 0.6) is 5.88 Å². The highest BCUT2D eigenvalue weighted by Crippen LogP contribution is 2.40. The van der Waals surface area contributed by atoms with E-state index in [0.29, 0.717) is 16.5 Å². The Balaban J connectivity index is 1.53. The molecule has 146 valence electrons. The molecule has 9 heteroatoms. The molecule has 1 aliphatic heterocycles. The van der Waals surface area contributed by atoms with Crippen LogP contribution < -0.4 is 0 Å². The lowest BCUT2D eigenvalue weighted by Crippen LogP contribution is -2.47. The van der Waals surface area contributed by atoms with Crippen LogP contribution in [0.2, 0.25) is 0 Å². The molecule has 1 aliphatic rings. The molecule has 1 fully saturated rings. The van der Waals surface area contributed by atoms with Crippen molar-refractivity contribution in [1.82, 2.24) is 24.4 Å². The molecule has 28 heavy (non-hydrogen) atoms. The molecule has 0 spiro atoms. The average Bonchev–Trinajstić information content (AvgIpc) is 3.50. The number of hydrogen-bond donors (Lipinski definition) is 1. The van der Waals surface area contributed by atoms with Crippen LogP contribution in [0.1, 0.15) is 23.6 Å². The zero-order valence-corrected chi connectivity index (χ0v) is 16.3. The van der Waals surface area contributed by atoms with Crippen molar-refractivity contribution in [3.63, 3.8) is 0 Å². The lowest BCUT2D eigenvalue weighted by atomic mass is 10.1. The number of fused-ring (bicyclic) bond motifs is 1. The van der Waals surface area contributed by atoms with Crippen LogP contribution >= 0.6 is 11.3 Å². The van der Waals surface area contributed by atoms with Crippen molar-refractivity contribution < 1.29 is 13.9 Å². The summed E-state index contributed by atoms with van der Waals surface area (Å²) in [6.07, 6.45) is 3.26. The monoisotopic (exact) mass is 399 g/mol. The molecule has 0 aliphatic carbocycles. The zero-order chi connectivity index (χ0) is 19.1. The van der Waals surface area contributed by atoms with Gasteiger partial charge in [0.2, 0.25) is 16.7 Å². The predicted molar refractivity (Wildman–Crippen MR) is 104 cm³/mol. The van der Waals surface area contributed by atoms with Gasteiger partial charge in [-0.1, -0.05) is 18.3 Å². The van der Waals surface area contributed by atoms with Gasteiger partial charge in [-0.2, -0.15) is 9.50 Å². The van der Waals surface area contributed by atoms with E-state index in [4.69, 9.17) is 8.83 Å². The van der Waals surface area contributed by atoms with Gasteiger partial charge in [-0.3, -0.25) is 4.90 Å². The van der Waals surface area contributed by atoms with Crippen molar-refractivity contribution in [1.29, 1.82) is 0 Å². The van der Waals surface area contributed by atoms with Gasteiger partial charge in [0.15, 0.2) is 5.76 Å². The molecule has 0 radical (unpaired) electrons. The van der Waals surface area contributed by atoms with Crippen LogP contribution in [0.3, 0.4) is 0 Å². The Kier molecular flexibility index (Phi) is 4.42. The Morgan fingerprint density at radius 3 is 2.57 bits per heavy atom. The van der Waals surface area contributed by atoms with Crippen LogP contribution in [-0.4, -0.2) is 62.2 Å². The van der Waals surface area contributed by atoms with Gasteiger partial charge in [0, 0.05) is 26.2 Å². The van der Waals surface area contributed by atoms with Gasteiger partial charge in [0.25, 0.3) is 0 Å². The van der Waals surface area contributed by atoms with Gasteiger partial charge < -0.3 is 18.8 Å². The minimum Gasteiger partial charge on any atom is -0.492 e. The number of nitrogens with zero attached hydrogens (tertiary/aromatic N) is 5. The summed E-state index contributed by atoms with van der Waals surface area (Å²) in [5.41, 5.74) is 0. The van der Waals surface area contributed by atoms with Crippen molar-refractivity contribution in [2.75, 3.05) is 32.7 Å². The molecule has 4 aromatic rings. The van der Waals surface area contributed by atoms with Crippen LogP contribution in [0.4, 0.5) is 0 Å². The molecule has 1 saturated heterocycles. The maximum Gasteiger partial charge on any atom is 0.230 e. The van der Waals surface area contributed by atoms with E-state index in [9.17, 15) is 5.11 Å². The number of furan rings is 2. The number of hydrogen-bond acceptors (Lipinski definition) is 8. The minimum atomic E-state index is -0.158. The van der Waals surface area contributed by atoms with Gasteiger partial charge in [-0.15, -0.1) is 5.10 Å². The number of aromatic nitrogens is 3. The lowest BCUT2D eigenvalue weighted by molar-refractivity contribution is 0.105. The molecule has 1 unspecified atom stereocenters. The minimum absolute atomic E-state index is 0.102. The van der Waals surface area contributed by atoms with Gasteiger partial charge >= 0.3 is 0 Å². The predicted octanol–water partition coefficient (Wildman–Crippen LogP) is 3.08.